The molecular weight excluding hydrogens is 280 g/mol. The number of carbonyl (C=O) groups excluding carboxylic acids is 1. The highest BCUT2D eigenvalue weighted by Gasteiger charge is 2.23. The number of rotatable bonds is 13. The Labute approximate surface area is 124 Å². The zero-order valence-corrected chi connectivity index (χ0v) is 12.2. The first kappa shape index (κ1) is 20.0. The molecule has 1 atom stereocenters. The van der Waals surface area contributed by atoms with Crippen molar-refractivity contribution in [3.63, 3.8) is 0 Å². The van der Waals surface area contributed by atoms with Gasteiger partial charge >= 0.3 is 5.97 Å². The van der Waals surface area contributed by atoms with E-state index in [0.29, 0.717) is 13.1 Å². The third kappa shape index (κ3) is 8.76. The van der Waals surface area contributed by atoms with Crippen molar-refractivity contribution in [1.82, 2.24) is 9.80 Å². The lowest BCUT2D eigenvalue weighted by atomic mass is 10.3. The van der Waals surface area contributed by atoms with Crippen LogP contribution in [0, 0.1) is 0 Å². The van der Waals surface area contributed by atoms with Gasteiger partial charge in [-0.05, 0) is 0 Å². The molecule has 21 heavy (non-hydrogen) atoms. The molecule has 0 saturated heterocycles. The van der Waals surface area contributed by atoms with Crippen molar-refractivity contribution in [1.29, 1.82) is 0 Å². The summed E-state index contributed by atoms with van der Waals surface area (Å²) >= 11 is 0. The average molecular weight is 306 g/mol. The molecule has 0 amide bonds. The van der Waals surface area contributed by atoms with Crippen LogP contribution in [-0.4, -0.2) is 102 Å². The van der Waals surface area contributed by atoms with E-state index in [1.165, 1.54) is 0 Å². The molecule has 0 bridgehead atoms. The van der Waals surface area contributed by atoms with Gasteiger partial charge in [-0.1, -0.05) is 6.58 Å². The van der Waals surface area contributed by atoms with Crippen molar-refractivity contribution < 1.29 is 30.0 Å². The van der Waals surface area contributed by atoms with Crippen LogP contribution in [0.3, 0.4) is 0 Å². The quantitative estimate of drug-likeness (QED) is 0.169. The molecule has 8 nitrogen and oxygen atoms in total. The molecule has 0 fully saturated rings. The van der Waals surface area contributed by atoms with Gasteiger partial charge in [-0.3, -0.25) is 9.80 Å². The molecule has 0 radical (unpaired) electrons. The Bertz CT molecular complexity index is 278. The minimum absolute atomic E-state index is 0.0951. The Morgan fingerprint density at radius 1 is 1.00 bits per heavy atom. The van der Waals surface area contributed by atoms with Crippen LogP contribution in [0.25, 0.3) is 0 Å². The van der Waals surface area contributed by atoms with Crippen LogP contribution in [0.1, 0.15) is 0 Å². The van der Waals surface area contributed by atoms with E-state index in [0.717, 1.165) is 6.08 Å². The van der Waals surface area contributed by atoms with Gasteiger partial charge in [0.25, 0.3) is 0 Å². The Morgan fingerprint density at radius 2 is 1.48 bits per heavy atom. The summed E-state index contributed by atoms with van der Waals surface area (Å²) in [5, 5.41) is 36.2. The highest BCUT2D eigenvalue weighted by Crippen LogP contribution is 2.06. The normalized spacial score (nSPS) is 12.7. The van der Waals surface area contributed by atoms with Crippen LogP contribution in [-0.2, 0) is 9.53 Å². The van der Waals surface area contributed by atoms with Crippen LogP contribution in [0.15, 0.2) is 12.7 Å². The van der Waals surface area contributed by atoms with Crippen molar-refractivity contribution >= 4 is 5.97 Å². The summed E-state index contributed by atoms with van der Waals surface area (Å²) < 4.78 is 5.23. The van der Waals surface area contributed by atoms with Gasteiger partial charge in [0.15, 0.2) is 6.23 Å². The maximum Gasteiger partial charge on any atom is 0.331 e. The summed E-state index contributed by atoms with van der Waals surface area (Å²) in [6.07, 6.45) is 0.318. The van der Waals surface area contributed by atoms with Gasteiger partial charge in [0.1, 0.15) is 0 Å². The second-order valence-electron chi connectivity index (χ2n) is 4.33. The van der Waals surface area contributed by atoms with Crippen LogP contribution in [0.5, 0.6) is 0 Å². The van der Waals surface area contributed by atoms with Crippen molar-refractivity contribution in [3.8, 4) is 0 Å². The number of hydrogen-bond donors (Lipinski definition) is 4. The lowest BCUT2D eigenvalue weighted by molar-refractivity contribution is -0.156. The van der Waals surface area contributed by atoms with E-state index in [4.69, 9.17) is 25.2 Å². The average Bonchev–Trinajstić information content (AvgIpc) is 2.46. The van der Waals surface area contributed by atoms with Crippen LogP contribution in [0.2, 0.25) is 0 Å². The number of aliphatic hydroxyl groups excluding tert-OH is 4. The zero-order chi connectivity index (χ0) is 16.1. The zero-order valence-electron chi connectivity index (χ0n) is 12.2. The van der Waals surface area contributed by atoms with Crippen molar-refractivity contribution in [2.45, 2.75) is 6.23 Å². The molecule has 0 saturated carbocycles. The van der Waals surface area contributed by atoms with Gasteiger partial charge in [-0.25, -0.2) is 4.79 Å². The summed E-state index contributed by atoms with van der Waals surface area (Å²) in [4.78, 5) is 14.8. The number of esters is 1. The minimum Gasteiger partial charge on any atom is -0.442 e. The first-order valence-electron chi connectivity index (χ1n) is 6.85. The molecule has 0 aliphatic rings. The van der Waals surface area contributed by atoms with E-state index in [9.17, 15) is 4.79 Å². The SMILES string of the molecule is C=CC(=O)OC(CN(CCO)CCO)N(CCO)CCO. The van der Waals surface area contributed by atoms with Crippen LogP contribution in [0.4, 0.5) is 0 Å². The molecule has 1 unspecified atom stereocenters. The molecule has 0 aromatic rings. The molecule has 0 aliphatic carbocycles. The second-order valence-corrected chi connectivity index (χ2v) is 4.33. The topological polar surface area (TPSA) is 114 Å². The number of ether oxygens (including phenoxy) is 1. The maximum absolute atomic E-state index is 11.4. The Kier molecular flexibility index (Phi) is 12.1. The van der Waals surface area contributed by atoms with Crippen molar-refractivity contribution in [3.05, 3.63) is 12.7 Å². The molecule has 0 aromatic heterocycles. The van der Waals surface area contributed by atoms with E-state index in [1.807, 2.05) is 0 Å². The fourth-order valence-electron chi connectivity index (χ4n) is 1.86. The molecule has 8 heteroatoms. The predicted octanol–water partition coefficient (Wildman–Crippen LogP) is -2.39. The highest BCUT2D eigenvalue weighted by atomic mass is 16.6. The van der Waals surface area contributed by atoms with Crippen molar-refractivity contribution in [2.24, 2.45) is 0 Å². The second kappa shape index (κ2) is 12.7. The summed E-state index contributed by atoms with van der Waals surface area (Å²) in [6, 6.07) is 0. The van der Waals surface area contributed by atoms with E-state index in [-0.39, 0.29) is 46.1 Å². The minimum atomic E-state index is -0.715. The largest absolute Gasteiger partial charge is 0.442 e. The van der Waals surface area contributed by atoms with E-state index < -0.39 is 12.2 Å². The van der Waals surface area contributed by atoms with Gasteiger partial charge in [0.2, 0.25) is 0 Å². The van der Waals surface area contributed by atoms with Gasteiger partial charge < -0.3 is 25.2 Å². The highest BCUT2D eigenvalue weighted by molar-refractivity contribution is 5.81. The number of hydrogen-bond acceptors (Lipinski definition) is 8. The number of nitrogens with zero attached hydrogens (tertiary/aromatic N) is 2. The molecule has 124 valence electrons. The van der Waals surface area contributed by atoms with E-state index >= 15 is 0 Å². The molecule has 0 spiro atoms. The lowest BCUT2D eigenvalue weighted by Crippen LogP contribution is -2.49. The number of aliphatic hydroxyl groups is 4. The third-order valence-electron chi connectivity index (χ3n) is 2.85. The van der Waals surface area contributed by atoms with Crippen LogP contribution >= 0.6 is 0 Å². The van der Waals surface area contributed by atoms with Crippen molar-refractivity contribution in [2.75, 3.05) is 59.2 Å². The summed E-state index contributed by atoms with van der Waals surface area (Å²) in [6.45, 7) is 4.15. The first-order chi connectivity index (χ1) is 10.1. The smallest absolute Gasteiger partial charge is 0.331 e. The summed E-state index contributed by atoms with van der Waals surface area (Å²) in [5.41, 5.74) is 0. The number of carbonyl (C=O) groups is 1. The van der Waals surface area contributed by atoms with Crippen LogP contribution < -0.4 is 0 Å². The fraction of sp³-hybridized carbons (Fsp3) is 0.769. The predicted molar refractivity (Wildman–Crippen MR) is 76.4 cm³/mol. The Balaban J connectivity index is 4.88. The Hall–Kier alpha value is -1.03. The van der Waals surface area contributed by atoms with Gasteiger partial charge in [-0.15, -0.1) is 0 Å². The van der Waals surface area contributed by atoms with Gasteiger partial charge in [0, 0.05) is 38.8 Å². The maximum atomic E-state index is 11.4. The first-order valence-corrected chi connectivity index (χ1v) is 6.85. The molecule has 0 aliphatic heterocycles. The third-order valence-corrected chi connectivity index (χ3v) is 2.85. The summed E-state index contributed by atoms with van der Waals surface area (Å²) in [5.74, 6) is -0.617. The monoisotopic (exact) mass is 306 g/mol. The van der Waals surface area contributed by atoms with E-state index in [1.54, 1.807) is 9.80 Å². The van der Waals surface area contributed by atoms with Gasteiger partial charge in [-0.2, -0.15) is 0 Å². The fourth-order valence-corrected chi connectivity index (χ4v) is 1.86. The molecule has 0 heterocycles. The van der Waals surface area contributed by atoms with Gasteiger partial charge in [0.05, 0.1) is 26.4 Å². The molecular formula is C13H26N2O6. The van der Waals surface area contributed by atoms with E-state index in [2.05, 4.69) is 6.58 Å². The Morgan fingerprint density at radius 3 is 1.86 bits per heavy atom. The molecule has 0 rings (SSSR count). The summed E-state index contributed by atoms with van der Waals surface area (Å²) in [7, 11) is 0. The lowest BCUT2D eigenvalue weighted by Gasteiger charge is -2.33. The molecule has 0 aromatic carbocycles. The standard InChI is InChI=1S/C13H26N2O6/c1-2-13(20)21-12(15(5-9-18)6-10-19)11-14(3-7-16)4-8-17/h2,12,16-19H,1,3-11H2. The molecule has 4 N–H and O–H groups in total.